The smallest absolute Gasteiger partial charge is 0.326 e. The summed E-state index contributed by atoms with van der Waals surface area (Å²) in [5.74, 6) is -0.143. The van der Waals surface area contributed by atoms with Crippen molar-refractivity contribution in [1.29, 1.82) is 0 Å². The van der Waals surface area contributed by atoms with Crippen LogP contribution in [-0.2, 0) is 9.59 Å². The number of hydrogen-bond acceptors (Lipinski definition) is 6. The number of aliphatic carboxylic acids is 1. The van der Waals surface area contributed by atoms with E-state index < -0.39 is 12.0 Å². The zero-order valence-corrected chi connectivity index (χ0v) is 22.3. The van der Waals surface area contributed by atoms with E-state index in [1.165, 1.54) is 30.6 Å². The van der Waals surface area contributed by atoms with Gasteiger partial charge in [-0.2, -0.15) is 0 Å². The molecular formula is C26H37NO5S2. The van der Waals surface area contributed by atoms with Gasteiger partial charge in [-0.25, -0.2) is 4.79 Å². The maximum Gasteiger partial charge on any atom is 0.326 e. The molecule has 1 aliphatic rings. The molecule has 0 bridgehead atoms. The third kappa shape index (κ3) is 8.01. The van der Waals surface area contributed by atoms with Gasteiger partial charge in [0.1, 0.15) is 10.4 Å². The van der Waals surface area contributed by atoms with E-state index >= 15 is 0 Å². The van der Waals surface area contributed by atoms with E-state index in [9.17, 15) is 14.7 Å². The van der Waals surface area contributed by atoms with Gasteiger partial charge in [0, 0.05) is 0 Å². The summed E-state index contributed by atoms with van der Waals surface area (Å²) in [6.07, 6.45) is 10.9. The monoisotopic (exact) mass is 507 g/mol. The minimum Gasteiger partial charge on any atom is -0.493 e. The highest BCUT2D eigenvalue weighted by molar-refractivity contribution is 8.26. The standard InChI is InChI=1S/C26H37NO5S2/c1-5-7-9-10-11-12-18(3)32-21-15-14-19(16-22(21)31-4)17-23-24(28)27(26(33)34-23)20(25(29)30)13-8-6-2/h14-18,20H,5-13H2,1-4H3,(H,29,30)/b23-17+/t18-,20-/m1/s1. The molecule has 0 spiro atoms. The summed E-state index contributed by atoms with van der Waals surface area (Å²) < 4.78 is 11.9. The molecule has 1 aliphatic heterocycles. The molecule has 1 fully saturated rings. The van der Waals surface area contributed by atoms with Gasteiger partial charge >= 0.3 is 5.97 Å². The van der Waals surface area contributed by atoms with E-state index in [2.05, 4.69) is 13.8 Å². The zero-order chi connectivity index (χ0) is 25.1. The Morgan fingerprint density at radius 2 is 1.82 bits per heavy atom. The van der Waals surface area contributed by atoms with Crippen LogP contribution in [-0.4, -0.2) is 45.5 Å². The first kappa shape index (κ1) is 28.2. The van der Waals surface area contributed by atoms with Gasteiger partial charge in [-0.05, 0) is 50.0 Å². The van der Waals surface area contributed by atoms with Gasteiger partial charge < -0.3 is 14.6 Å². The summed E-state index contributed by atoms with van der Waals surface area (Å²) in [4.78, 5) is 26.4. The number of unbranched alkanes of at least 4 members (excludes halogenated alkanes) is 5. The van der Waals surface area contributed by atoms with Crippen LogP contribution in [0.3, 0.4) is 0 Å². The second-order valence-electron chi connectivity index (χ2n) is 8.59. The normalized spacial score (nSPS) is 16.7. The van der Waals surface area contributed by atoms with E-state index in [0.717, 1.165) is 36.6 Å². The van der Waals surface area contributed by atoms with Crippen LogP contribution < -0.4 is 9.47 Å². The predicted octanol–water partition coefficient (Wildman–Crippen LogP) is 6.67. The van der Waals surface area contributed by atoms with Gasteiger partial charge in [-0.3, -0.25) is 9.69 Å². The Morgan fingerprint density at radius 3 is 2.47 bits per heavy atom. The second kappa shape index (κ2) is 14.4. The average Bonchev–Trinajstić information content (AvgIpc) is 3.07. The van der Waals surface area contributed by atoms with Crippen LogP contribution in [0.5, 0.6) is 11.5 Å². The van der Waals surface area contributed by atoms with Crippen LogP contribution in [0.1, 0.15) is 84.1 Å². The highest BCUT2D eigenvalue weighted by atomic mass is 32.2. The number of methoxy groups -OCH3 is 1. The maximum absolute atomic E-state index is 13.0. The van der Waals surface area contributed by atoms with Gasteiger partial charge in [-0.1, -0.05) is 82.4 Å². The van der Waals surface area contributed by atoms with Crippen LogP contribution >= 0.6 is 24.0 Å². The number of benzene rings is 1. The van der Waals surface area contributed by atoms with Gasteiger partial charge in [0.25, 0.3) is 5.91 Å². The first-order valence-corrected chi connectivity index (χ1v) is 13.4. The van der Waals surface area contributed by atoms with Crippen molar-refractivity contribution in [2.24, 2.45) is 0 Å². The number of ether oxygens (including phenoxy) is 2. The second-order valence-corrected chi connectivity index (χ2v) is 10.3. The van der Waals surface area contributed by atoms with Gasteiger partial charge in [-0.15, -0.1) is 0 Å². The van der Waals surface area contributed by atoms with Crippen LogP contribution in [0.2, 0.25) is 0 Å². The van der Waals surface area contributed by atoms with Crippen LogP contribution in [0.4, 0.5) is 0 Å². The van der Waals surface area contributed by atoms with Crippen molar-refractivity contribution in [3.63, 3.8) is 0 Å². The number of rotatable bonds is 15. The molecule has 1 aromatic carbocycles. The number of hydrogen-bond donors (Lipinski definition) is 1. The Bertz CT molecular complexity index is 886. The zero-order valence-electron chi connectivity index (χ0n) is 20.7. The SMILES string of the molecule is CCCCCCC[C@@H](C)Oc1ccc(/C=C2/SC(=S)N([C@H](CCCC)C(=O)O)C2=O)cc1OC. The first-order valence-electron chi connectivity index (χ1n) is 12.2. The molecule has 2 atom stereocenters. The Morgan fingerprint density at radius 1 is 1.12 bits per heavy atom. The summed E-state index contributed by atoms with van der Waals surface area (Å²) >= 11 is 6.48. The largest absolute Gasteiger partial charge is 0.493 e. The predicted molar refractivity (Wildman–Crippen MR) is 142 cm³/mol. The highest BCUT2D eigenvalue weighted by Gasteiger charge is 2.40. The summed E-state index contributed by atoms with van der Waals surface area (Å²) in [6, 6.07) is 4.60. The number of thiocarbonyl (C=S) groups is 1. The number of carboxylic acid groups (broad SMARTS) is 1. The third-order valence-electron chi connectivity index (χ3n) is 5.78. The molecule has 0 unspecified atom stereocenters. The lowest BCUT2D eigenvalue weighted by Crippen LogP contribution is -2.43. The van der Waals surface area contributed by atoms with Crippen molar-refractivity contribution in [2.75, 3.05) is 7.11 Å². The van der Waals surface area contributed by atoms with Crippen LogP contribution in [0.15, 0.2) is 23.1 Å². The minimum atomic E-state index is -1.03. The first-order chi connectivity index (χ1) is 16.3. The molecule has 6 nitrogen and oxygen atoms in total. The molecule has 0 aromatic heterocycles. The fraction of sp³-hybridized carbons (Fsp3) is 0.577. The van der Waals surface area contributed by atoms with Crippen LogP contribution in [0.25, 0.3) is 6.08 Å². The number of nitrogens with zero attached hydrogens (tertiary/aromatic N) is 1. The third-order valence-corrected chi connectivity index (χ3v) is 7.11. The average molecular weight is 508 g/mol. The summed E-state index contributed by atoms with van der Waals surface area (Å²) in [6.45, 7) is 6.26. The highest BCUT2D eigenvalue weighted by Crippen LogP contribution is 2.37. The lowest BCUT2D eigenvalue weighted by Gasteiger charge is -2.22. The van der Waals surface area contributed by atoms with E-state index in [1.54, 1.807) is 13.2 Å². The Balaban J connectivity index is 2.10. The number of thioether (sulfide) groups is 1. The van der Waals surface area contributed by atoms with Crippen molar-refractivity contribution in [3.8, 4) is 11.5 Å². The van der Waals surface area contributed by atoms with E-state index in [0.29, 0.717) is 29.2 Å². The molecule has 1 amide bonds. The molecule has 1 saturated heterocycles. The van der Waals surface area contributed by atoms with Gasteiger partial charge in [0.05, 0.1) is 18.1 Å². The minimum absolute atomic E-state index is 0.0775. The van der Waals surface area contributed by atoms with E-state index in [1.807, 2.05) is 25.1 Å². The quantitative estimate of drug-likeness (QED) is 0.161. The fourth-order valence-corrected chi connectivity index (χ4v) is 5.20. The van der Waals surface area contributed by atoms with Crippen molar-refractivity contribution in [1.82, 2.24) is 4.90 Å². The van der Waals surface area contributed by atoms with Crippen molar-refractivity contribution < 1.29 is 24.2 Å². The molecule has 34 heavy (non-hydrogen) atoms. The molecule has 188 valence electrons. The summed E-state index contributed by atoms with van der Waals surface area (Å²) in [7, 11) is 1.59. The lowest BCUT2D eigenvalue weighted by molar-refractivity contribution is -0.145. The molecule has 1 N–H and O–H groups in total. The Hall–Kier alpha value is -2.06. The molecule has 2 rings (SSSR count). The Labute approximate surface area is 213 Å². The van der Waals surface area contributed by atoms with E-state index in [4.69, 9.17) is 21.7 Å². The molecule has 0 radical (unpaired) electrons. The number of carbonyl (C=O) groups is 2. The lowest BCUT2D eigenvalue weighted by atomic mass is 10.1. The Kier molecular flexibility index (Phi) is 11.9. The summed E-state index contributed by atoms with van der Waals surface area (Å²) in [5, 5.41) is 9.62. The van der Waals surface area contributed by atoms with Crippen molar-refractivity contribution >= 4 is 46.3 Å². The molecule has 1 aromatic rings. The van der Waals surface area contributed by atoms with Gasteiger partial charge in [0.15, 0.2) is 11.5 Å². The maximum atomic E-state index is 13.0. The number of amides is 1. The number of carbonyl (C=O) groups excluding carboxylic acids is 1. The van der Waals surface area contributed by atoms with Crippen molar-refractivity contribution in [2.45, 2.75) is 90.7 Å². The molecule has 1 heterocycles. The van der Waals surface area contributed by atoms with Crippen molar-refractivity contribution in [3.05, 3.63) is 28.7 Å². The number of carboxylic acids is 1. The molecular weight excluding hydrogens is 470 g/mol. The fourth-order valence-electron chi connectivity index (χ4n) is 3.84. The molecule has 0 aliphatic carbocycles. The van der Waals surface area contributed by atoms with Crippen LogP contribution in [0, 0.1) is 0 Å². The molecule has 8 heteroatoms. The topological polar surface area (TPSA) is 76.1 Å². The molecule has 0 saturated carbocycles. The summed E-state index contributed by atoms with van der Waals surface area (Å²) in [5.41, 5.74) is 0.761. The van der Waals surface area contributed by atoms with E-state index in [-0.39, 0.29) is 16.3 Å². The van der Waals surface area contributed by atoms with Gasteiger partial charge in [0.2, 0.25) is 0 Å².